The van der Waals surface area contributed by atoms with E-state index in [1.165, 1.54) is 17.4 Å². The van der Waals surface area contributed by atoms with Gasteiger partial charge in [0.15, 0.2) is 0 Å². The van der Waals surface area contributed by atoms with Crippen LogP contribution in [0.4, 0.5) is 5.13 Å². The van der Waals surface area contributed by atoms with Gasteiger partial charge in [0.05, 0.1) is 11.6 Å². The molecule has 1 heterocycles. The minimum Gasteiger partial charge on any atom is -0.496 e. The Morgan fingerprint density at radius 1 is 1.41 bits per heavy atom. The average molecular weight is 382 g/mol. The molecule has 22 heavy (non-hydrogen) atoms. The van der Waals surface area contributed by atoms with E-state index >= 15 is 0 Å². The van der Waals surface area contributed by atoms with Gasteiger partial charge in [-0.1, -0.05) is 31.3 Å². The minimum absolute atomic E-state index is 0.238. The minimum atomic E-state index is -0.238. The van der Waals surface area contributed by atoms with Gasteiger partial charge in [0, 0.05) is 12.0 Å². The van der Waals surface area contributed by atoms with Gasteiger partial charge in [0.25, 0.3) is 0 Å². The Labute approximate surface area is 141 Å². The van der Waals surface area contributed by atoms with Crippen LogP contribution in [-0.4, -0.2) is 23.2 Å². The fourth-order valence-corrected chi connectivity index (χ4v) is 2.93. The highest BCUT2D eigenvalue weighted by atomic mass is 79.9. The van der Waals surface area contributed by atoms with Gasteiger partial charge in [0.2, 0.25) is 11.0 Å². The van der Waals surface area contributed by atoms with Gasteiger partial charge >= 0.3 is 0 Å². The molecule has 2 rings (SSSR count). The van der Waals surface area contributed by atoms with Crippen molar-refractivity contribution in [1.82, 2.24) is 10.2 Å². The number of methoxy groups -OCH3 is 1. The van der Waals surface area contributed by atoms with Gasteiger partial charge in [-0.25, -0.2) is 0 Å². The lowest BCUT2D eigenvalue weighted by Crippen LogP contribution is -2.07. The Hall–Kier alpha value is -1.73. The largest absolute Gasteiger partial charge is 0.496 e. The quantitative estimate of drug-likeness (QED) is 0.792. The van der Waals surface area contributed by atoms with Crippen LogP contribution in [0.25, 0.3) is 6.08 Å². The first-order valence-corrected chi connectivity index (χ1v) is 8.26. The van der Waals surface area contributed by atoms with Crippen LogP contribution in [0, 0.1) is 0 Å². The molecule has 0 unspecified atom stereocenters. The van der Waals surface area contributed by atoms with E-state index in [0.717, 1.165) is 20.8 Å². The zero-order chi connectivity index (χ0) is 16.1. The molecule has 0 aliphatic carbocycles. The fourth-order valence-electron chi connectivity index (χ4n) is 1.62. The van der Waals surface area contributed by atoms with Crippen LogP contribution < -0.4 is 10.1 Å². The number of aromatic nitrogens is 2. The number of nitrogens with one attached hydrogen (secondary N) is 1. The highest BCUT2D eigenvalue weighted by Crippen LogP contribution is 2.26. The number of benzene rings is 1. The summed E-state index contributed by atoms with van der Waals surface area (Å²) in [7, 11) is 1.61. The third-order valence-corrected chi connectivity index (χ3v) is 4.53. The Bertz CT molecular complexity index is 698. The molecule has 2 aromatic rings. The number of halogens is 1. The van der Waals surface area contributed by atoms with Crippen molar-refractivity contribution in [2.45, 2.75) is 19.8 Å². The summed E-state index contributed by atoms with van der Waals surface area (Å²) in [5, 5.41) is 12.1. The van der Waals surface area contributed by atoms with Crippen molar-refractivity contribution in [3.8, 4) is 5.75 Å². The SMILES string of the molecule is COc1ccc(/C=C/C(=O)Nc2nnc(C(C)C)s2)cc1Br. The maximum Gasteiger partial charge on any atom is 0.250 e. The van der Waals surface area contributed by atoms with Crippen molar-refractivity contribution >= 4 is 44.4 Å². The van der Waals surface area contributed by atoms with Gasteiger partial charge in [-0.2, -0.15) is 0 Å². The molecule has 0 atom stereocenters. The lowest BCUT2D eigenvalue weighted by molar-refractivity contribution is -0.111. The second-order valence-corrected chi connectivity index (χ2v) is 6.68. The molecular weight excluding hydrogens is 366 g/mol. The molecule has 0 radical (unpaired) electrons. The molecule has 1 aromatic carbocycles. The van der Waals surface area contributed by atoms with Crippen molar-refractivity contribution in [3.05, 3.63) is 39.3 Å². The summed E-state index contributed by atoms with van der Waals surface area (Å²) >= 11 is 4.79. The first-order valence-electron chi connectivity index (χ1n) is 6.65. The maximum atomic E-state index is 11.9. The molecule has 0 spiro atoms. The second kappa shape index (κ2) is 7.51. The Kier molecular flexibility index (Phi) is 5.68. The standard InChI is InChI=1S/C15H16BrN3O2S/c1-9(2)14-18-19-15(22-14)17-13(20)7-5-10-4-6-12(21-3)11(16)8-10/h4-9H,1-3H3,(H,17,19,20)/b7-5+. The van der Waals surface area contributed by atoms with E-state index in [2.05, 4.69) is 31.4 Å². The lowest BCUT2D eigenvalue weighted by Gasteiger charge is -2.03. The number of nitrogens with zero attached hydrogens (tertiary/aromatic N) is 2. The van der Waals surface area contributed by atoms with Gasteiger partial charge in [-0.05, 0) is 39.7 Å². The van der Waals surface area contributed by atoms with Crippen molar-refractivity contribution in [1.29, 1.82) is 0 Å². The number of carbonyl (C=O) groups excluding carboxylic acids is 1. The zero-order valence-electron chi connectivity index (χ0n) is 12.5. The van der Waals surface area contributed by atoms with E-state index in [1.54, 1.807) is 13.2 Å². The van der Waals surface area contributed by atoms with Gasteiger partial charge in [-0.3, -0.25) is 10.1 Å². The zero-order valence-corrected chi connectivity index (χ0v) is 14.9. The van der Waals surface area contributed by atoms with Crippen LogP contribution in [0.1, 0.15) is 30.3 Å². The maximum absolute atomic E-state index is 11.9. The summed E-state index contributed by atoms with van der Waals surface area (Å²) in [5.74, 6) is 0.811. The molecule has 7 heteroatoms. The number of rotatable bonds is 5. The average Bonchev–Trinajstić information content (AvgIpc) is 2.94. The third kappa shape index (κ3) is 4.38. The van der Waals surface area contributed by atoms with E-state index < -0.39 is 0 Å². The molecule has 0 aliphatic heterocycles. The molecule has 1 amide bonds. The number of anilines is 1. The molecule has 1 aromatic heterocycles. The highest BCUT2D eigenvalue weighted by molar-refractivity contribution is 9.10. The Morgan fingerprint density at radius 3 is 2.77 bits per heavy atom. The Balaban J connectivity index is 2.00. The van der Waals surface area contributed by atoms with E-state index in [9.17, 15) is 4.79 Å². The molecule has 116 valence electrons. The summed E-state index contributed by atoms with van der Waals surface area (Å²) in [6.07, 6.45) is 3.19. The van der Waals surface area contributed by atoms with Crippen LogP contribution in [-0.2, 0) is 4.79 Å². The van der Waals surface area contributed by atoms with Crippen LogP contribution in [0.15, 0.2) is 28.7 Å². The molecule has 0 saturated heterocycles. The highest BCUT2D eigenvalue weighted by Gasteiger charge is 2.09. The van der Waals surface area contributed by atoms with E-state index in [0.29, 0.717) is 11.0 Å². The van der Waals surface area contributed by atoms with Gasteiger partial charge in [-0.15, -0.1) is 10.2 Å². The van der Waals surface area contributed by atoms with Crippen LogP contribution in [0.2, 0.25) is 0 Å². The second-order valence-electron chi connectivity index (χ2n) is 4.82. The van der Waals surface area contributed by atoms with Gasteiger partial charge in [0.1, 0.15) is 10.8 Å². The molecule has 0 saturated carbocycles. The number of ether oxygens (including phenoxy) is 1. The third-order valence-electron chi connectivity index (χ3n) is 2.77. The fraction of sp³-hybridized carbons (Fsp3) is 0.267. The van der Waals surface area contributed by atoms with Crippen LogP contribution in [0.5, 0.6) is 5.75 Å². The predicted molar refractivity (Wildman–Crippen MR) is 92.4 cm³/mol. The van der Waals surface area contributed by atoms with E-state index in [4.69, 9.17) is 4.74 Å². The molecular formula is C15H16BrN3O2S. The smallest absolute Gasteiger partial charge is 0.250 e. The summed E-state index contributed by atoms with van der Waals surface area (Å²) < 4.78 is 6.00. The summed E-state index contributed by atoms with van der Waals surface area (Å²) in [6, 6.07) is 5.58. The van der Waals surface area contributed by atoms with Crippen LogP contribution >= 0.6 is 27.3 Å². The molecule has 0 bridgehead atoms. The van der Waals surface area contributed by atoms with Crippen molar-refractivity contribution in [2.75, 3.05) is 12.4 Å². The summed E-state index contributed by atoms with van der Waals surface area (Å²) in [6.45, 7) is 4.07. The van der Waals surface area contributed by atoms with Crippen molar-refractivity contribution < 1.29 is 9.53 Å². The number of hydrogen-bond acceptors (Lipinski definition) is 5. The molecule has 1 N–H and O–H groups in total. The number of hydrogen-bond donors (Lipinski definition) is 1. The first-order chi connectivity index (χ1) is 10.5. The van der Waals surface area contributed by atoms with E-state index in [1.807, 2.05) is 32.0 Å². The number of amides is 1. The van der Waals surface area contributed by atoms with Crippen molar-refractivity contribution in [2.24, 2.45) is 0 Å². The van der Waals surface area contributed by atoms with Crippen LogP contribution in [0.3, 0.4) is 0 Å². The lowest BCUT2D eigenvalue weighted by atomic mass is 10.2. The van der Waals surface area contributed by atoms with Gasteiger partial charge < -0.3 is 4.74 Å². The first kappa shape index (κ1) is 16.6. The van der Waals surface area contributed by atoms with E-state index in [-0.39, 0.29) is 5.91 Å². The predicted octanol–water partition coefficient (Wildman–Crippen LogP) is 4.08. The molecule has 0 aliphatic rings. The topological polar surface area (TPSA) is 64.1 Å². The molecule has 5 nitrogen and oxygen atoms in total. The Morgan fingerprint density at radius 2 is 2.18 bits per heavy atom. The monoisotopic (exact) mass is 381 g/mol. The summed E-state index contributed by atoms with van der Waals surface area (Å²) in [4.78, 5) is 11.9. The summed E-state index contributed by atoms with van der Waals surface area (Å²) in [5.41, 5.74) is 0.892. The number of carbonyl (C=O) groups is 1. The molecule has 0 fully saturated rings. The van der Waals surface area contributed by atoms with Crippen molar-refractivity contribution in [3.63, 3.8) is 0 Å². The normalized spacial score (nSPS) is 11.1.